The van der Waals surface area contributed by atoms with E-state index >= 15 is 0 Å². The second kappa shape index (κ2) is 14.4. The number of rotatable bonds is 13. The van der Waals surface area contributed by atoms with Crippen molar-refractivity contribution in [3.05, 3.63) is 95.6 Å². The van der Waals surface area contributed by atoms with Crippen molar-refractivity contribution in [1.29, 1.82) is 0 Å². The Morgan fingerprint density at radius 2 is 1.53 bits per heavy atom. The van der Waals surface area contributed by atoms with Crippen LogP contribution in [-0.2, 0) is 19.5 Å². The summed E-state index contributed by atoms with van der Waals surface area (Å²) in [4.78, 5) is 17.1. The van der Waals surface area contributed by atoms with Crippen LogP contribution in [0.4, 0.5) is 4.79 Å². The van der Waals surface area contributed by atoms with E-state index in [1.54, 1.807) is 0 Å². The molecular weight excluding hydrogens is 444 g/mol. The zero-order valence-corrected chi connectivity index (χ0v) is 22.3. The van der Waals surface area contributed by atoms with Crippen LogP contribution in [0.3, 0.4) is 0 Å². The molecular formula is C31H42N4O. The van der Waals surface area contributed by atoms with Gasteiger partial charge < -0.3 is 20.4 Å². The first-order chi connectivity index (χ1) is 17.4. The number of likely N-dealkylation sites (N-methyl/N-ethyl adjacent to an activating group) is 1. The van der Waals surface area contributed by atoms with Gasteiger partial charge in [0.25, 0.3) is 0 Å². The maximum absolute atomic E-state index is 13.1. The molecule has 0 atom stereocenters. The highest BCUT2D eigenvalue weighted by molar-refractivity contribution is 5.74. The molecule has 3 aromatic carbocycles. The van der Waals surface area contributed by atoms with Crippen LogP contribution in [0.5, 0.6) is 0 Å². The number of nitrogens with zero attached hydrogens (tertiary/aromatic N) is 2. The molecule has 0 aliphatic carbocycles. The van der Waals surface area contributed by atoms with E-state index in [1.165, 1.54) is 22.3 Å². The van der Waals surface area contributed by atoms with Gasteiger partial charge in [0, 0.05) is 32.7 Å². The van der Waals surface area contributed by atoms with Crippen molar-refractivity contribution >= 4 is 6.03 Å². The van der Waals surface area contributed by atoms with Crippen LogP contribution >= 0.6 is 0 Å². The van der Waals surface area contributed by atoms with Crippen molar-refractivity contribution in [3.8, 4) is 11.1 Å². The normalized spacial score (nSPS) is 11.2. The van der Waals surface area contributed by atoms with Gasteiger partial charge in [-0.1, -0.05) is 86.6 Å². The van der Waals surface area contributed by atoms with Gasteiger partial charge >= 0.3 is 6.03 Å². The third-order valence-electron chi connectivity index (χ3n) is 6.11. The van der Waals surface area contributed by atoms with Gasteiger partial charge in [0.1, 0.15) is 0 Å². The molecule has 36 heavy (non-hydrogen) atoms. The lowest BCUT2D eigenvalue weighted by molar-refractivity contribution is 0.189. The second-order valence-electron chi connectivity index (χ2n) is 10.1. The summed E-state index contributed by atoms with van der Waals surface area (Å²) < 4.78 is 0. The molecule has 0 spiro atoms. The Balaban J connectivity index is 1.62. The fourth-order valence-electron chi connectivity index (χ4n) is 4.03. The van der Waals surface area contributed by atoms with Crippen LogP contribution in [0.25, 0.3) is 11.1 Å². The van der Waals surface area contributed by atoms with Gasteiger partial charge in [0.05, 0.1) is 0 Å². The summed E-state index contributed by atoms with van der Waals surface area (Å²) in [7, 11) is 4.07. The average molecular weight is 487 g/mol. The summed E-state index contributed by atoms with van der Waals surface area (Å²) in [6.45, 7) is 9.05. The summed E-state index contributed by atoms with van der Waals surface area (Å²) in [6, 6.07) is 27.5. The van der Waals surface area contributed by atoms with Gasteiger partial charge in [-0.05, 0) is 66.9 Å². The van der Waals surface area contributed by atoms with E-state index in [-0.39, 0.29) is 6.03 Å². The number of urea groups is 1. The quantitative estimate of drug-likeness (QED) is 0.339. The standard InChI is InChI=1S/C31H42N4O/c1-25(2)22-32-23-27-13-15-29(16-14-27)30-12-8-11-28(21-30)24-35(20-19-34(3)4)31(36)33-18-17-26-9-6-5-7-10-26/h5-16,21,25,32H,17-20,22-24H2,1-4H3,(H,33,36). The molecule has 2 amide bonds. The second-order valence-corrected chi connectivity index (χ2v) is 10.1. The van der Waals surface area contributed by atoms with E-state index in [0.29, 0.717) is 25.6 Å². The molecule has 0 saturated carbocycles. The Hall–Kier alpha value is -3.15. The molecule has 0 saturated heterocycles. The lowest BCUT2D eigenvalue weighted by atomic mass is 10.0. The number of carbonyl (C=O) groups is 1. The SMILES string of the molecule is CC(C)CNCc1ccc(-c2cccc(CN(CCN(C)C)C(=O)NCCc3ccccc3)c2)cc1. The number of carbonyl (C=O) groups excluding carboxylic acids is 1. The third kappa shape index (κ3) is 9.48. The van der Waals surface area contributed by atoms with Crippen molar-refractivity contribution in [3.63, 3.8) is 0 Å². The lowest BCUT2D eigenvalue weighted by Gasteiger charge is -2.25. The maximum Gasteiger partial charge on any atom is 0.317 e. The van der Waals surface area contributed by atoms with Gasteiger partial charge in [0.15, 0.2) is 0 Å². The fraction of sp³-hybridized carbons (Fsp3) is 0.387. The number of benzene rings is 3. The predicted octanol–water partition coefficient (Wildman–Crippen LogP) is 5.42. The zero-order valence-electron chi connectivity index (χ0n) is 22.3. The largest absolute Gasteiger partial charge is 0.338 e. The summed E-state index contributed by atoms with van der Waals surface area (Å²) >= 11 is 0. The van der Waals surface area contributed by atoms with E-state index in [2.05, 4.69) is 90.0 Å². The number of hydrogen-bond acceptors (Lipinski definition) is 3. The van der Waals surface area contributed by atoms with Crippen LogP contribution in [0.2, 0.25) is 0 Å². The van der Waals surface area contributed by atoms with Gasteiger partial charge in [0.2, 0.25) is 0 Å². The van der Waals surface area contributed by atoms with Crippen molar-refractivity contribution in [2.24, 2.45) is 5.92 Å². The molecule has 0 aliphatic rings. The molecule has 3 rings (SSSR count). The third-order valence-corrected chi connectivity index (χ3v) is 6.11. The van der Waals surface area contributed by atoms with Gasteiger partial charge in [-0.25, -0.2) is 4.79 Å². The Bertz CT molecular complexity index is 1050. The molecule has 5 heteroatoms. The molecule has 0 bridgehead atoms. The van der Waals surface area contributed by atoms with E-state index in [4.69, 9.17) is 0 Å². The summed E-state index contributed by atoms with van der Waals surface area (Å²) in [5, 5.41) is 6.61. The van der Waals surface area contributed by atoms with Gasteiger partial charge in [-0.3, -0.25) is 0 Å². The van der Waals surface area contributed by atoms with E-state index in [1.807, 2.05) is 37.2 Å². The molecule has 3 aromatic rings. The van der Waals surface area contributed by atoms with E-state index in [0.717, 1.165) is 31.6 Å². The lowest BCUT2D eigenvalue weighted by Crippen LogP contribution is -2.43. The molecule has 0 aliphatic heterocycles. The van der Waals surface area contributed by atoms with Crippen molar-refractivity contribution < 1.29 is 4.79 Å². The number of amides is 2. The predicted molar refractivity (Wildman–Crippen MR) is 151 cm³/mol. The van der Waals surface area contributed by atoms with Gasteiger partial charge in [-0.2, -0.15) is 0 Å². The van der Waals surface area contributed by atoms with E-state index < -0.39 is 0 Å². The summed E-state index contributed by atoms with van der Waals surface area (Å²) in [5.74, 6) is 0.648. The molecule has 0 heterocycles. The Kier molecular flexibility index (Phi) is 11.0. The zero-order chi connectivity index (χ0) is 25.8. The molecule has 0 fully saturated rings. The van der Waals surface area contributed by atoms with Crippen molar-refractivity contribution in [2.45, 2.75) is 33.4 Å². The van der Waals surface area contributed by atoms with Crippen molar-refractivity contribution in [2.75, 3.05) is 40.3 Å². The minimum atomic E-state index is -0.0172. The van der Waals surface area contributed by atoms with Crippen LogP contribution in [0.15, 0.2) is 78.9 Å². The molecule has 5 nitrogen and oxygen atoms in total. The first kappa shape index (κ1) is 27.4. The van der Waals surface area contributed by atoms with Crippen LogP contribution in [0.1, 0.15) is 30.5 Å². The highest BCUT2D eigenvalue weighted by Gasteiger charge is 2.14. The first-order valence-corrected chi connectivity index (χ1v) is 13.0. The number of hydrogen-bond donors (Lipinski definition) is 2. The highest BCUT2D eigenvalue weighted by atomic mass is 16.2. The fourth-order valence-corrected chi connectivity index (χ4v) is 4.03. The van der Waals surface area contributed by atoms with Crippen LogP contribution in [-0.4, -0.2) is 56.1 Å². The minimum Gasteiger partial charge on any atom is -0.338 e. The molecule has 0 radical (unpaired) electrons. The average Bonchev–Trinajstić information content (AvgIpc) is 2.87. The molecule has 0 aromatic heterocycles. The monoisotopic (exact) mass is 486 g/mol. The van der Waals surface area contributed by atoms with Crippen molar-refractivity contribution in [1.82, 2.24) is 20.4 Å². The summed E-state index contributed by atoms with van der Waals surface area (Å²) in [6.07, 6.45) is 0.826. The topological polar surface area (TPSA) is 47.6 Å². The van der Waals surface area contributed by atoms with E-state index in [9.17, 15) is 4.79 Å². The Morgan fingerprint density at radius 1 is 0.806 bits per heavy atom. The maximum atomic E-state index is 13.1. The molecule has 192 valence electrons. The first-order valence-electron chi connectivity index (χ1n) is 13.0. The summed E-state index contributed by atoms with van der Waals surface area (Å²) in [5.41, 5.74) is 6.01. The van der Waals surface area contributed by atoms with Crippen LogP contribution < -0.4 is 10.6 Å². The minimum absolute atomic E-state index is 0.0172. The Labute approximate surface area is 217 Å². The Morgan fingerprint density at radius 3 is 2.22 bits per heavy atom. The molecule has 2 N–H and O–H groups in total. The highest BCUT2D eigenvalue weighted by Crippen LogP contribution is 2.22. The van der Waals surface area contributed by atoms with Crippen LogP contribution in [0, 0.1) is 5.92 Å². The smallest absolute Gasteiger partial charge is 0.317 e. The molecule has 0 unspecified atom stereocenters. The van der Waals surface area contributed by atoms with Gasteiger partial charge in [-0.15, -0.1) is 0 Å². The number of nitrogens with one attached hydrogen (secondary N) is 2.